The average Bonchev–Trinajstić information content (AvgIpc) is 2.96. The number of aromatic amines is 1. The molecule has 0 aliphatic heterocycles. The third-order valence-electron chi connectivity index (χ3n) is 3.06. The molecule has 4 nitrogen and oxygen atoms in total. The second-order valence-electron chi connectivity index (χ2n) is 4.55. The number of nitrogens with one attached hydrogen (secondary N) is 2. The third kappa shape index (κ3) is 4.26. The number of H-pyrrole nitrogens is 1. The minimum atomic E-state index is -0.0841. The topological polar surface area (TPSA) is 70.9 Å². The molecular formula is C15H19N3O. The van der Waals surface area contributed by atoms with E-state index < -0.39 is 0 Å². The maximum atomic E-state index is 11.7. The summed E-state index contributed by atoms with van der Waals surface area (Å²) >= 11 is 0. The van der Waals surface area contributed by atoms with Crippen LogP contribution in [0.25, 0.3) is 0 Å². The Morgan fingerprint density at radius 3 is 2.74 bits per heavy atom. The number of hydrogen-bond acceptors (Lipinski definition) is 2. The third-order valence-corrected chi connectivity index (χ3v) is 3.06. The Kier molecular flexibility index (Phi) is 4.75. The Balaban J connectivity index is 1.71. The Hall–Kier alpha value is -2.07. The van der Waals surface area contributed by atoms with Crippen LogP contribution < -0.4 is 11.1 Å². The smallest absolute Gasteiger partial charge is 0.220 e. The average molecular weight is 257 g/mol. The van der Waals surface area contributed by atoms with E-state index in [1.807, 2.05) is 48.8 Å². The molecule has 0 saturated carbocycles. The molecule has 1 amide bonds. The summed E-state index contributed by atoms with van der Waals surface area (Å²) in [5.41, 5.74) is 8.19. The molecule has 1 heterocycles. The molecule has 0 aliphatic carbocycles. The van der Waals surface area contributed by atoms with Gasteiger partial charge in [-0.1, -0.05) is 30.3 Å². The number of aromatic nitrogens is 1. The van der Waals surface area contributed by atoms with E-state index in [2.05, 4.69) is 10.3 Å². The largest absolute Gasteiger partial charge is 0.367 e. The summed E-state index contributed by atoms with van der Waals surface area (Å²) in [5, 5.41) is 2.88. The molecule has 0 bridgehead atoms. The van der Waals surface area contributed by atoms with Crippen molar-refractivity contribution in [3.63, 3.8) is 0 Å². The van der Waals surface area contributed by atoms with Gasteiger partial charge < -0.3 is 16.0 Å². The van der Waals surface area contributed by atoms with E-state index in [4.69, 9.17) is 5.73 Å². The number of benzene rings is 1. The van der Waals surface area contributed by atoms with Crippen LogP contribution in [-0.4, -0.2) is 10.9 Å². The number of hydrogen-bond donors (Lipinski definition) is 3. The lowest BCUT2D eigenvalue weighted by Crippen LogP contribution is -2.23. The van der Waals surface area contributed by atoms with E-state index in [-0.39, 0.29) is 11.9 Å². The van der Waals surface area contributed by atoms with Crippen LogP contribution >= 0.6 is 0 Å². The fourth-order valence-corrected chi connectivity index (χ4v) is 1.91. The van der Waals surface area contributed by atoms with Gasteiger partial charge in [-0.25, -0.2) is 0 Å². The van der Waals surface area contributed by atoms with Crippen LogP contribution in [0, 0.1) is 0 Å². The second-order valence-corrected chi connectivity index (χ2v) is 4.55. The highest BCUT2D eigenvalue weighted by Gasteiger charge is 2.08. The molecule has 0 aliphatic rings. The van der Waals surface area contributed by atoms with Crippen molar-refractivity contribution in [2.75, 3.05) is 0 Å². The summed E-state index contributed by atoms with van der Waals surface area (Å²) in [6.45, 7) is 0.558. The van der Waals surface area contributed by atoms with Crippen molar-refractivity contribution in [2.45, 2.75) is 25.4 Å². The molecule has 2 rings (SSSR count). The van der Waals surface area contributed by atoms with Crippen molar-refractivity contribution in [2.24, 2.45) is 5.73 Å². The Labute approximate surface area is 113 Å². The molecule has 4 heteroatoms. The Morgan fingerprint density at radius 1 is 1.26 bits per heavy atom. The maximum Gasteiger partial charge on any atom is 0.220 e. The summed E-state index contributed by atoms with van der Waals surface area (Å²) in [7, 11) is 0. The van der Waals surface area contributed by atoms with Crippen molar-refractivity contribution in [3.05, 3.63) is 59.9 Å². The fraction of sp³-hybridized carbons (Fsp3) is 0.267. The molecule has 0 fully saturated rings. The molecule has 100 valence electrons. The van der Waals surface area contributed by atoms with Crippen LogP contribution in [0.1, 0.15) is 30.0 Å². The first-order valence-corrected chi connectivity index (χ1v) is 6.44. The number of carbonyl (C=O) groups excluding carboxylic acids is 1. The quantitative estimate of drug-likeness (QED) is 0.741. The van der Waals surface area contributed by atoms with E-state index in [0.29, 0.717) is 19.4 Å². The molecule has 1 atom stereocenters. The number of nitrogens with two attached hydrogens (primary N) is 1. The zero-order chi connectivity index (χ0) is 13.5. The maximum absolute atomic E-state index is 11.7. The molecule has 1 aromatic carbocycles. The lowest BCUT2D eigenvalue weighted by atomic mass is 10.0. The zero-order valence-electron chi connectivity index (χ0n) is 10.8. The minimum absolute atomic E-state index is 0.0348. The van der Waals surface area contributed by atoms with Crippen LogP contribution in [0.15, 0.2) is 48.8 Å². The van der Waals surface area contributed by atoms with Gasteiger partial charge in [-0.05, 0) is 23.6 Å². The van der Waals surface area contributed by atoms with E-state index in [1.54, 1.807) is 0 Å². The monoisotopic (exact) mass is 257 g/mol. The van der Waals surface area contributed by atoms with Crippen molar-refractivity contribution >= 4 is 5.91 Å². The molecule has 1 unspecified atom stereocenters. The van der Waals surface area contributed by atoms with Crippen molar-refractivity contribution in [3.8, 4) is 0 Å². The van der Waals surface area contributed by atoms with Gasteiger partial charge in [0.15, 0.2) is 0 Å². The van der Waals surface area contributed by atoms with Gasteiger partial charge in [0.2, 0.25) is 5.91 Å². The van der Waals surface area contributed by atoms with Crippen molar-refractivity contribution in [1.29, 1.82) is 0 Å². The van der Waals surface area contributed by atoms with Gasteiger partial charge in [-0.15, -0.1) is 0 Å². The van der Waals surface area contributed by atoms with E-state index in [1.165, 1.54) is 0 Å². The predicted octanol–water partition coefficient (Wildman–Crippen LogP) is 2.11. The second kappa shape index (κ2) is 6.75. The van der Waals surface area contributed by atoms with Crippen LogP contribution in [0.5, 0.6) is 0 Å². The predicted molar refractivity (Wildman–Crippen MR) is 75.2 cm³/mol. The first-order chi connectivity index (χ1) is 9.25. The van der Waals surface area contributed by atoms with Crippen LogP contribution in [0.3, 0.4) is 0 Å². The zero-order valence-corrected chi connectivity index (χ0v) is 10.8. The first kappa shape index (κ1) is 13.4. The minimum Gasteiger partial charge on any atom is -0.367 e. The van der Waals surface area contributed by atoms with Gasteiger partial charge >= 0.3 is 0 Å². The number of carbonyl (C=O) groups is 1. The molecule has 4 N–H and O–H groups in total. The van der Waals surface area contributed by atoms with Gasteiger partial charge in [-0.3, -0.25) is 4.79 Å². The molecule has 19 heavy (non-hydrogen) atoms. The first-order valence-electron chi connectivity index (χ1n) is 6.44. The Bertz CT molecular complexity index is 493. The van der Waals surface area contributed by atoms with Gasteiger partial charge in [-0.2, -0.15) is 0 Å². The highest BCUT2D eigenvalue weighted by molar-refractivity contribution is 5.75. The summed E-state index contributed by atoms with van der Waals surface area (Å²) in [5.74, 6) is 0.0348. The Morgan fingerprint density at radius 2 is 2.05 bits per heavy atom. The number of rotatable bonds is 6. The number of amides is 1. The molecule has 2 aromatic rings. The normalized spacial score (nSPS) is 12.1. The summed E-state index contributed by atoms with van der Waals surface area (Å²) in [6, 6.07) is 11.7. The molecule has 0 radical (unpaired) electrons. The van der Waals surface area contributed by atoms with Crippen molar-refractivity contribution < 1.29 is 4.79 Å². The molecular weight excluding hydrogens is 238 g/mol. The molecule has 0 spiro atoms. The standard InChI is InChI=1S/C15H19N3O/c16-14(13-4-2-1-3-5-13)6-7-15(19)18-11-12-8-9-17-10-12/h1-5,8-10,14,17H,6-7,11,16H2,(H,18,19). The summed E-state index contributed by atoms with van der Waals surface area (Å²) in [6.07, 6.45) is 4.81. The lowest BCUT2D eigenvalue weighted by molar-refractivity contribution is -0.121. The van der Waals surface area contributed by atoms with Gasteiger partial charge in [0.25, 0.3) is 0 Å². The molecule has 1 aromatic heterocycles. The highest BCUT2D eigenvalue weighted by Crippen LogP contribution is 2.14. The van der Waals surface area contributed by atoms with Crippen LogP contribution in [0.2, 0.25) is 0 Å². The highest BCUT2D eigenvalue weighted by atomic mass is 16.1. The van der Waals surface area contributed by atoms with E-state index in [9.17, 15) is 4.79 Å². The van der Waals surface area contributed by atoms with E-state index >= 15 is 0 Å². The lowest BCUT2D eigenvalue weighted by Gasteiger charge is -2.11. The molecule has 0 saturated heterocycles. The fourth-order valence-electron chi connectivity index (χ4n) is 1.91. The van der Waals surface area contributed by atoms with Crippen LogP contribution in [-0.2, 0) is 11.3 Å². The summed E-state index contributed by atoms with van der Waals surface area (Å²) < 4.78 is 0. The van der Waals surface area contributed by atoms with Gasteiger partial charge in [0.1, 0.15) is 0 Å². The summed E-state index contributed by atoms with van der Waals surface area (Å²) in [4.78, 5) is 14.7. The van der Waals surface area contributed by atoms with E-state index in [0.717, 1.165) is 11.1 Å². The van der Waals surface area contributed by atoms with Gasteiger partial charge in [0.05, 0.1) is 0 Å². The van der Waals surface area contributed by atoms with Gasteiger partial charge in [0, 0.05) is 31.4 Å². The SMILES string of the molecule is NC(CCC(=O)NCc1cc[nH]c1)c1ccccc1. The van der Waals surface area contributed by atoms with Crippen molar-refractivity contribution in [1.82, 2.24) is 10.3 Å². The van der Waals surface area contributed by atoms with Crippen LogP contribution in [0.4, 0.5) is 0 Å².